The van der Waals surface area contributed by atoms with Gasteiger partial charge in [0.15, 0.2) is 11.5 Å². The van der Waals surface area contributed by atoms with Crippen LogP contribution >= 0.6 is 0 Å². The standard InChI is InChI=1S/C40H46F3N5O5/c1-47-18-5-4-8-29(47)11-13-38(49)45-27-15-19-48(20-16-27)34-12-10-28(23-32(34)40(41,42)43)46-39(50)22-26-7-6-9-30(21-26)53-35-14-17-44-33-25-37(52-3)36(51-2)24-31(33)35/h6-7,9-10,12,14,17,21,23-25,27,29H,4-5,8,11,13,15-16,18-20,22H2,1-3H3,(H,45,49)(H,46,50). The van der Waals surface area contributed by atoms with Gasteiger partial charge in [-0.3, -0.25) is 14.6 Å². The third-order valence-corrected chi connectivity index (χ3v) is 10.1. The van der Waals surface area contributed by atoms with Crippen molar-refractivity contribution in [3.63, 3.8) is 0 Å². The Hall–Kier alpha value is -5.04. The second kappa shape index (κ2) is 16.7. The molecule has 0 radical (unpaired) electrons. The third kappa shape index (κ3) is 9.50. The summed E-state index contributed by atoms with van der Waals surface area (Å²) < 4.78 is 60.0. The van der Waals surface area contributed by atoms with E-state index in [4.69, 9.17) is 14.2 Å². The van der Waals surface area contributed by atoms with Crippen molar-refractivity contribution < 1.29 is 37.0 Å². The first-order chi connectivity index (χ1) is 25.5. The first-order valence-electron chi connectivity index (χ1n) is 18.0. The van der Waals surface area contributed by atoms with E-state index >= 15 is 0 Å². The molecule has 2 amide bonds. The van der Waals surface area contributed by atoms with Gasteiger partial charge in [0.05, 0.1) is 31.7 Å². The molecule has 13 heteroatoms. The van der Waals surface area contributed by atoms with E-state index in [9.17, 15) is 22.8 Å². The number of fused-ring (bicyclic) bond motifs is 1. The summed E-state index contributed by atoms with van der Waals surface area (Å²) in [5.41, 5.74) is 0.550. The van der Waals surface area contributed by atoms with E-state index in [1.165, 1.54) is 25.0 Å². The second-order valence-electron chi connectivity index (χ2n) is 13.7. The van der Waals surface area contributed by atoms with Crippen LogP contribution in [0.5, 0.6) is 23.0 Å². The van der Waals surface area contributed by atoms with Crippen molar-refractivity contribution in [2.75, 3.05) is 51.1 Å². The molecule has 2 aliphatic rings. The van der Waals surface area contributed by atoms with Crippen molar-refractivity contribution in [1.82, 2.24) is 15.2 Å². The van der Waals surface area contributed by atoms with E-state index in [-0.39, 0.29) is 29.7 Å². The largest absolute Gasteiger partial charge is 0.493 e. The number of methoxy groups -OCH3 is 2. The van der Waals surface area contributed by atoms with Crippen LogP contribution in [-0.4, -0.2) is 74.7 Å². The van der Waals surface area contributed by atoms with Gasteiger partial charge in [-0.05, 0) is 93.7 Å². The Bertz CT molecular complexity index is 1910. The highest BCUT2D eigenvalue weighted by Gasteiger charge is 2.36. The van der Waals surface area contributed by atoms with Gasteiger partial charge in [-0.25, -0.2) is 0 Å². The molecule has 1 atom stereocenters. The number of ether oxygens (including phenoxy) is 3. The number of carbonyl (C=O) groups is 2. The smallest absolute Gasteiger partial charge is 0.418 e. The Balaban J connectivity index is 1.05. The van der Waals surface area contributed by atoms with E-state index in [1.807, 2.05) is 0 Å². The van der Waals surface area contributed by atoms with Gasteiger partial charge in [-0.1, -0.05) is 18.6 Å². The maximum absolute atomic E-state index is 14.4. The molecule has 10 nitrogen and oxygen atoms in total. The number of likely N-dealkylation sites (tertiary alicyclic amines) is 1. The van der Waals surface area contributed by atoms with Crippen LogP contribution in [0.3, 0.4) is 0 Å². The lowest BCUT2D eigenvalue weighted by atomic mass is 9.98. The number of nitrogens with one attached hydrogen (secondary N) is 2. The molecule has 2 N–H and O–H groups in total. The van der Waals surface area contributed by atoms with E-state index in [0.717, 1.165) is 25.5 Å². The Morgan fingerprint density at radius 2 is 1.66 bits per heavy atom. The highest BCUT2D eigenvalue weighted by atomic mass is 19.4. The highest BCUT2D eigenvalue weighted by Crippen LogP contribution is 2.40. The minimum atomic E-state index is -4.63. The van der Waals surface area contributed by atoms with E-state index in [1.54, 1.807) is 67.8 Å². The molecule has 53 heavy (non-hydrogen) atoms. The summed E-state index contributed by atoms with van der Waals surface area (Å²) in [5.74, 6) is 1.57. The summed E-state index contributed by atoms with van der Waals surface area (Å²) in [6.45, 7) is 1.81. The minimum Gasteiger partial charge on any atom is -0.493 e. The van der Waals surface area contributed by atoms with E-state index < -0.39 is 17.6 Å². The molecule has 4 aromatic rings. The molecule has 0 saturated carbocycles. The number of halogens is 3. The number of benzene rings is 3. The molecule has 0 spiro atoms. The van der Waals surface area contributed by atoms with Crippen molar-refractivity contribution in [1.29, 1.82) is 0 Å². The molecule has 1 aromatic heterocycles. The van der Waals surface area contributed by atoms with Crippen LogP contribution in [0, 0.1) is 0 Å². The van der Waals surface area contributed by atoms with Gasteiger partial charge in [-0.2, -0.15) is 13.2 Å². The number of alkyl halides is 3. The SMILES string of the molecule is COc1cc2nccc(Oc3cccc(CC(=O)Nc4ccc(N5CCC(NC(=O)CCC6CCCCN6C)CC5)c(C(F)(F)F)c4)c3)c2cc1OC. The monoisotopic (exact) mass is 733 g/mol. The zero-order chi connectivity index (χ0) is 37.5. The summed E-state index contributed by atoms with van der Waals surface area (Å²) in [6.07, 6.45) is 2.75. The number of nitrogens with zero attached hydrogens (tertiary/aromatic N) is 3. The first-order valence-corrected chi connectivity index (χ1v) is 18.0. The van der Waals surface area contributed by atoms with Crippen LogP contribution in [0.15, 0.2) is 66.9 Å². The molecule has 0 bridgehead atoms. The lowest BCUT2D eigenvalue weighted by Crippen LogP contribution is -2.45. The molecule has 2 aliphatic heterocycles. The average Bonchev–Trinajstić information content (AvgIpc) is 3.14. The van der Waals surface area contributed by atoms with Gasteiger partial charge in [-0.15, -0.1) is 0 Å². The molecular weight excluding hydrogens is 687 g/mol. The van der Waals surface area contributed by atoms with Gasteiger partial charge < -0.3 is 34.6 Å². The molecule has 3 aromatic carbocycles. The van der Waals surface area contributed by atoms with Crippen LogP contribution in [0.4, 0.5) is 24.5 Å². The van der Waals surface area contributed by atoms with Gasteiger partial charge in [0.25, 0.3) is 0 Å². The zero-order valence-electron chi connectivity index (χ0n) is 30.3. The number of piperidine rings is 2. The minimum absolute atomic E-state index is 0.00235. The molecule has 3 heterocycles. The lowest BCUT2D eigenvalue weighted by Gasteiger charge is -2.36. The lowest BCUT2D eigenvalue weighted by molar-refractivity contribution is -0.137. The average molecular weight is 734 g/mol. The Kier molecular flexibility index (Phi) is 11.9. The number of pyridine rings is 1. The van der Waals surface area contributed by atoms with Crippen molar-refractivity contribution in [3.05, 3.63) is 78.0 Å². The summed E-state index contributed by atoms with van der Waals surface area (Å²) >= 11 is 0. The van der Waals surface area contributed by atoms with Gasteiger partial charge in [0, 0.05) is 60.6 Å². The number of hydrogen-bond donors (Lipinski definition) is 2. The molecule has 2 saturated heterocycles. The van der Waals surface area contributed by atoms with Gasteiger partial charge in [0.1, 0.15) is 11.5 Å². The number of aromatic nitrogens is 1. The molecule has 1 unspecified atom stereocenters. The molecule has 0 aliphatic carbocycles. The predicted molar refractivity (Wildman–Crippen MR) is 198 cm³/mol. The number of rotatable bonds is 12. The molecule has 282 valence electrons. The van der Waals surface area contributed by atoms with Crippen LogP contribution in [0.1, 0.15) is 56.1 Å². The van der Waals surface area contributed by atoms with Crippen LogP contribution in [0.25, 0.3) is 10.9 Å². The molecule has 6 rings (SSSR count). The van der Waals surface area contributed by atoms with Crippen molar-refractivity contribution >= 4 is 34.1 Å². The van der Waals surface area contributed by atoms with Crippen molar-refractivity contribution in [2.24, 2.45) is 0 Å². The Labute approximate surface area is 307 Å². The zero-order valence-corrected chi connectivity index (χ0v) is 30.3. The number of amides is 2. The fourth-order valence-electron chi connectivity index (χ4n) is 7.26. The van der Waals surface area contributed by atoms with E-state index in [2.05, 4.69) is 27.6 Å². The summed E-state index contributed by atoms with van der Waals surface area (Å²) in [5, 5.41) is 6.43. The maximum atomic E-state index is 14.4. The number of anilines is 2. The van der Waals surface area contributed by atoms with Crippen LogP contribution in [-0.2, 0) is 22.2 Å². The molecule has 2 fully saturated rings. The van der Waals surface area contributed by atoms with Crippen molar-refractivity contribution in [3.8, 4) is 23.0 Å². The summed E-state index contributed by atoms with van der Waals surface area (Å²) in [4.78, 5) is 34.2. The van der Waals surface area contributed by atoms with Gasteiger partial charge in [0.2, 0.25) is 11.8 Å². The predicted octanol–water partition coefficient (Wildman–Crippen LogP) is 7.59. The van der Waals surface area contributed by atoms with Gasteiger partial charge >= 0.3 is 6.18 Å². The number of carbonyl (C=O) groups excluding carboxylic acids is 2. The normalized spacial score (nSPS) is 17.0. The number of hydrogen-bond acceptors (Lipinski definition) is 8. The Morgan fingerprint density at radius 1 is 0.887 bits per heavy atom. The summed E-state index contributed by atoms with van der Waals surface area (Å²) in [7, 11) is 5.19. The van der Waals surface area contributed by atoms with E-state index in [0.29, 0.717) is 77.9 Å². The van der Waals surface area contributed by atoms with Crippen LogP contribution in [0.2, 0.25) is 0 Å². The Morgan fingerprint density at radius 3 is 2.40 bits per heavy atom. The first kappa shape index (κ1) is 37.7. The third-order valence-electron chi connectivity index (χ3n) is 10.1. The van der Waals surface area contributed by atoms with Crippen LogP contribution < -0.4 is 29.7 Å². The fourth-order valence-corrected chi connectivity index (χ4v) is 7.26. The maximum Gasteiger partial charge on any atom is 0.418 e. The summed E-state index contributed by atoms with van der Waals surface area (Å²) in [6, 6.07) is 16.4. The quantitative estimate of drug-likeness (QED) is 0.154. The fraction of sp³-hybridized carbons (Fsp3) is 0.425. The van der Waals surface area contributed by atoms with Crippen molar-refractivity contribution in [2.45, 2.75) is 69.6 Å². The highest BCUT2D eigenvalue weighted by molar-refractivity contribution is 5.93. The topological polar surface area (TPSA) is 105 Å². The second-order valence-corrected chi connectivity index (χ2v) is 13.7. The molecular formula is C40H46F3N5O5.